The summed E-state index contributed by atoms with van der Waals surface area (Å²) in [6.45, 7) is 3.69. The first kappa shape index (κ1) is 29.9. The van der Waals surface area contributed by atoms with Gasteiger partial charge in [0.05, 0.1) is 29.0 Å². The number of nitrogens with zero attached hydrogens (tertiary/aromatic N) is 3. The van der Waals surface area contributed by atoms with E-state index in [1.165, 1.54) is 0 Å². The monoisotopic (exact) mass is 620 g/mol. The fourth-order valence-electron chi connectivity index (χ4n) is 7.06. The van der Waals surface area contributed by atoms with Crippen molar-refractivity contribution in [1.82, 2.24) is 14.1 Å². The smallest absolute Gasteiger partial charge is 0.457 e. The van der Waals surface area contributed by atoms with Crippen LogP contribution in [0.1, 0.15) is 48.1 Å². The maximum Gasteiger partial charge on any atom is 0.488 e. The van der Waals surface area contributed by atoms with Crippen molar-refractivity contribution >= 4 is 46.3 Å². The van der Waals surface area contributed by atoms with E-state index in [1.54, 1.807) is 35.8 Å². The van der Waals surface area contributed by atoms with Crippen LogP contribution >= 0.6 is 0 Å². The van der Waals surface area contributed by atoms with Gasteiger partial charge in [-0.3, -0.25) is 9.59 Å². The SMILES string of the molecule is CCc1c2c(nc3ccc(B(O)O)cc13)-c1cc3c(c(=O)n1C2)COC(=O)[C@@]3(CC)OC(=O)[C@H](N)Cc1cn(C)c2ccccc12. The Kier molecular flexibility index (Phi) is 7.11. The van der Waals surface area contributed by atoms with Crippen molar-refractivity contribution in [3.8, 4) is 11.4 Å². The number of carbonyl (C=O) groups is 2. The van der Waals surface area contributed by atoms with E-state index in [0.29, 0.717) is 28.8 Å². The highest BCUT2D eigenvalue weighted by Gasteiger charge is 2.51. The van der Waals surface area contributed by atoms with Crippen LogP contribution in [0, 0.1) is 0 Å². The molecule has 0 radical (unpaired) electrons. The number of nitrogens with two attached hydrogens (primary N) is 1. The number of benzene rings is 2. The molecule has 2 aliphatic rings. The summed E-state index contributed by atoms with van der Waals surface area (Å²) in [4.78, 5) is 46.0. The summed E-state index contributed by atoms with van der Waals surface area (Å²) in [6, 6.07) is 13.5. The van der Waals surface area contributed by atoms with E-state index >= 15 is 0 Å². The lowest BCUT2D eigenvalue weighted by Crippen LogP contribution is -2.50. The molecule has 2 aromatic carbocycles. The minimum atomic E-state index is -1.87. The molecule has 2 atom stereocenters. The quantitative estimate of drug-likeness (QED) is 0.179. The Hall–Kier alpha value is -4.78. The number of esters is 2. The molecular formula is C34H33BN4O7. The number of pyridine rings is 2. The van der Waals surface area contributed by atoms with Gasteiger partial charge < -0.3 is 34.4 Å². The molecular weight excluding hydrogens is 587 g/mol. The number of aromatic nitrogens is 3. The van der Waals surface area contributed by atoms with E-state index < -0.39 is 30.7 Å². The summed E-state index contributed by atoms with van der Waals surface area (Å²) in [7, 11) is 0.292. The fourth-order valence-corrected chi connectivity index (χ4v) is 7.06. The van der Waals surface area contributed by atoms with Crippen LogP contribution in [-0.2, 0) is 57.7 Å². The van der Waals surface area contributed by atoms with Crippen molar-refractivity contribution < 1.29 is 29.1 Å². The molecule has 0 amide bonds. The van der Waals surface area contributed by atoms with E-state index in [4.69, 9.17) is 20.2 Å². The third-order valence-corrected chi connectivity index (χ3v) is 9.45. The minimum absolute atomic E-state index is 0.0267. The Morgan fingerprint density at radius 1 is 1.13 bits per heavy atom. The van der Waals surface area contributed by atoms with E-state index in [9.17, 15) is 24.4 Å². The van der Waals surface area contributed by atoms with E-state index in [-0.39, 0.29) is 42.7 Å². The second-order valence-electron chi connectivity index (χ2n) is 12.0. The second kappa shape index (κ2) is 10.9. The molecule has 0 saturated carbocycles. The van der Waals surface area contributed by atoms with Crippen molar-refractivity contribution in [2.24, 2.45) is 12.8 Å². The van der Waals surface area contributed by atoms with Crippen LogP contribution in [0.3, 0.4) is 0 Å². The largest absolute Gasteiger partial charge is 0.488 e. The number of hydrogen-bond donors (Lipinski definition) is 3. The van der Waals surface area contributed by atoms with Crippen LogP contribution in [0.4, 0.5) is 0 Å². The molecule has 46 heavy (non-hydrogen) atoms. The van der Waals surface area contributed by atoms with Gasteiger partial charge in [-0.25, -0.2) is 9.78 Å². The third kappa shape index (κ3) is 4.39. The zero-order valence-electron chi connectivity index (χ0n) is 25.7. The van der Waals surface area contributed by atoms with Crippen LogP contribution in [-0.4, -0.2) is 49.3 Å². The standard InChI is InChI=1S/C34H33BN4O7/c1-4-20-22-13-19(35(43)44)10-11-27(22)37-30-23(20)16-39-29(30)14-25-24(31(39)40)17-45-33(42)34(25,5-2)46-32(41)26(36)12-18-15-38(3)28-9-7-6-8-21(18)28/h6-11,13-15,26,43-44H,4-5,12,16-17,36H2,1-3H3/t26-,34+/m1/s1. The Balaban J connectivity index is 1.30. The first-order valence-electron chi connectivity index (χ1n) is 15.4. The van der Waals surface area contributed by atoms with Gasteiger partial charge in [0.15, 0.2) is 0 Å². The zero-order valence-corrected chi connectivity index (χ0v) is 25.7. The lowest BCUT2D eigenvalue weighted by molar-refractivity contribution is -0.190. The maximum atomic E-state index is 14.0. The number of hydrogen-bond acceptors (Lipinski definition) is 9. The summed E-state index contributed by atoms with van der Waals surface area (Å²) in [5, 5.41) is 21.2. The number of carbonyl (C=O) groups excluding carboxylic acids is 2. The van der Waals surface area contributed by atoms with Gasteiger partial charge in [-0.1, -0.05) is 44.2 Å². The van der Waals surface area contributed by atoms with Gasteiger partial charge >= 0.3 is 19.1 Å². The molecule has 0 unspecified atom stereocenters. The number of fused-ring (bicyclic) bond motifs is 6. The summed E-state index contributed by atoms with van der Waals surface area (Å²) >= 11 is 0. The highest BCUT2D eigenvalue weighted by atomic mass is 16.6. The van der Waals surface area contributed by atoms with E-state index in [0.717, 1.165) is 33.0 Å². The molecule has 0 saturated heterocycles. The van der Waals surface area contributed by atoms with Crippen LogP contribution in [0.5, 0.6) is 0 Å². The van der Waals surface area contributed by atoms with Crippen molar-refractivity contribution in [3.63, 3.8) is 0 Å². The molecule has 0 spiro atoms. The fraction of sp³-hybridized carbons (Fsp3) is 0.294. The molecule has 234 valence electrons. The molecule has 7 rings (SSSR count). The highest BCUT2D eigenvalue weighted by molar-refractivity contribution is 6.58. The Morgan fingerprint density at radius 2 is 1.91 bits per heavy atom. The normalized spacial score (nSPS) is 17.4. The van der Waals surface area contributed by atoms with Gasteiger partial charge in [-0.2, -0.15) is 0 Å². The summed E-state index contributed by atoms with van der Waals surface area (Å²) in [5.41, 5.74) is 10.4. The number of cyclic esters (lactones) is 1. The van der Waals surface area contributed by atoms with Gasteiger partial charge in [0.2, 0.25) is 5.60 Å². The molecule has 4 N–H and O–H groups in total. The number of para-hydroxylation sites is 1. The zero-order chi connectivity index (χ0) is 32.5. The average molecular weight is 620 g/mol. The third-order valence-electron chi connectivity index (χ3n) is 9.45. The molecule has 5 heterocycles. The molecule has 0 bridgehead atoms. The topological polar surface area (TPSA) is 159 Å². The van der Waals surface area contributed by atoms with Crippen LogP contribution in [0.15, 0.2) is 59.5 Å². The number of aryl methyl sites for hydroxylation is 2. The summed E-state index contributed by atoms with van der Waals surface area (Å²) in [6.07, 6.45) is 2.75. The second-order valence-corrected chi connectivity index (χ2v) is 12.0. The summed E-state index contributed by atoms with van der Waals surface area (Å²) in [5.74, 6) is -1.54. The first-order chi connectivity index (χ1) is 22.1. The molecule has 3 aromatic heterocycles. The van der Waals surface area contributed by atoms with Gasteiger partial charge in [0.1, 0.15) is 12.6 Å². The molecule has 11 nitrogen and oxygen atoms in total. The molecule has 2 aliphatic heterocycles. The number of ether oxygens (including phenoxy) is 2. The predicted molar refractivity (Wildman–Crippen MR) is 172 cm³/mol. The van der Waals surface area contributed by atoms with E-state index in [1.807, 2.05) is 49.0 Å². The van der Waals surface area contributed by atoms with Crippen LogP contribution in [0.2, 0.25) is 0 Å². The van der Waals surface area contributed by atoms with Crippen molar-refractivity contribution in [2.45, 2.75) is 57.9 Å². The Morgan fingerprint density at radius 3 is 2.65 bits per heavy atom. The maximum absolute atomic E-state index is 14.0. The van der Waals surface area contributed by atoms with Crippen LogP contribution < -0.4 is 16.8 Å². The average Bonchev–Trinajstić information content (AvgIpc) is 3.58. The van der Waals surface area contributed by atoms with Crippen molar-refractivity contribution in [1.29, 1.82) is 0 Å². The van der Waals surface area contributed by atoms with E-state index in [2.05, 4.69) is 0 Å². The minimum Gasteiger partial charge on any atom is -0.457 e. The Bertz CT molecular complexity index is 2150. The highest BCUT2D eigenvalue weighted by Crippen LogP contribution is 2.42. The van der Waals surface area contributed by atoms with Crippen molar-refractivity contribution in [3.05, 3.63) is 92.9 Å². The van der Waals surface area contributed by atoms with Crippen LogP contribution in [0.25, 0.3) is 33.2 Å². The first-order valence-corrected chi connectivity index (χ1v) is 15.4. The number of rotatable bonds is 7. The van der Waals surface area contributed by atoms with Gasteiger partial charge in [0, 0.05) is 47.1 Å². The lowest BCUT2D eigenvalue weighted by Gasteiger charge is -2.36. The molecule has 0 fully saturated rings. The molecule has 0 aliphatic carbocycles. The Labute approximate surface area is 264 Å². The summed E-state index contributed by atoms with van der Waals surface area (Å²) < 4.78 is 15.1. The predicted octanol–water partition coefficient (Wildman–Crippen LogP) is 1.93. The van der Waals surface area contributed by atoms with Crippen molar-refractivity contribution in [2.75, 3.05) is 0 Å². The molecule has 5 aromatic rings. The van der Waals surface area contributed by atoms with Gasteiger partial charge in [-0.15, -0.1) is 0 Å². The van der Waals surface area contributed by atoms with Gasteiger partial charge in [-0.05, 0) is 47.6 Å². The van der Waals surface area contributed by atoms with Gasteiger partial charge in [0.25, 0.3) is 5.56 Å². The lowest BCUT2D eigenvalue weighted by atomic mass is 9.79. The molecule has 12 heteroatoms.